The Morgan fingerprint density at radius 1 is 1.30 bits per heavy atom. The lowest BCUT2D eigenvalue weighted by atomic mass is 10.0. The van der Waals surface area contributed by atoms with Crippen molar-refractivity contribution in [1.29, 1.82) is 0 Å². The first-order valence-corrected chi connectivity index (χ1v) is 7.61. The summed E-state index contributed by atoms with van der Waals surface area (Å²) in [5.41, 5.74) is -1.15. The first-order valence-electron chi connectivity index (χ1n) is 5.79. The number of nitrogens with zero attached hydrogens (tertiary/aromatic N) is 2. The summed E-state index contributed by atoms with van der Waals surface area (Å²) < 4.78 is 22.9. The molecule has 1 unspecified atom stereocenters. The van der Waals surface area contributed by atoms with Crippen LogP contribution in [0, 0.1) is 0 Å². The Morgan fingerprint density at radius 3 is 2.35 bits per heavy atom. The van der Waals surface area contributed by atoms with Gasteiger partial charge in [0, 0.05) is 0 Å². The fraction of sp³-hybridized carbons (Fsp3) is 0.455. The van der Waals surface area contributed by atoms with E-state index in [9.17, 15) is 18.0 Å². The van der Waals surface area contributed by atoms with Crippen molar-refractivity contribution in [2.45, 2.75) is 18.9 Å². The van der Waals surface area contributed by atoms with Crippen molar-refractivity contribution in [3.63, 3.8) is 0 Å². The molecule has 1 aliphatic rings. The van der Waals surface area contributed by atoms with Crippen molar-refractivity contribution < 1.29 is 23.1 Å². The highest BCUT2D eigenvalue weighted by atomic mass is 32.2. The number of carbonyl (C=O) groups is 2. The predicted molar refractivity (Wildman–Crippen MR) is 68.1 cm³/mol. The first-order chi connectivity index (χ1) is 9.21. The number of sulfone groups is 1. The van der Waals surface area contributed by atoms with Gasteiger partial charge < -0.3 is 10.4 Å². The molecule has 2 N–H and O–H groups in total. The average Bonchev–Trinajstić information content (AvgIpc) is 2.63. The lowest BCUT2D eigenvalue weighted by Gasteiger charge is -2.23. The molecule has 20 heavy (non-hydrogen) atoms. The van der Waals surface area contributed by atoms with Gasteiger partial charge in [-0.15, -0.1) is 0 Å². The second-order valence-corrected chi connectivity index (χ2v) is 7.13. The normalized spacial score (nSPS) is 24.2. The van der Waals surface area contributed by atoms with Gasteiger partial charge in [-0.25, -0.2) is 23.2 Å². The van der Waals surface area contributed by atoms with Crippen LogP contribution in [0.1, 0.15) is 34.3 Å². The minimum absolute atomic E-state index is 0.0351. The Bertz CT molecular complexity index is 655. The second kappa shape index (κ2) is 4.82. The van der Waals surface area contributed by atoms with Crippen LogP contribution in [0.15, 0.2) is 12.4 Å². The third-order valence-electron chi connectivity index (χ3n) is 3.02. The lowest BCUT2D eigenvalue weighted by Crippen LogP contribution is -2.47. The Balaban J connectivity index is 2.11. The molecule has 1 aromatic rings. The molecule has 1 aromatic heterocycles. The fourth-order valence-electron chi connectivity index (χ4n) is 2.00. The summed E-state index contributed by atoms with van der Waals surface area (Å²) in [5, 5.41) is 11.3. The van der Waals surface area contributed by atoms with Gasteiger partial charge >= 0.3 is 5.97 Å². The molecule has 1 atom stereocenters. The van der Waals surface area contributed by atoms with Crippen LogP contribution in [0.3, 0.4) is 0 Å². The Labute approximate surface area is 115 Å². The van der Waals surface area contributed by atoms with E-state index in [1.807, 2.05) is 0 Å². The minimum atomic E-state index is -3.13. The van der Waals surface area contributed by atoms with E-state index in [0.717, 1.165) is 12.4 Å². The number of nitrogens with one attached hydrogen (secondary N) is 1. The maximum atomic E-state index is 11.9. The van der Waals surface area contributed by atoms with Crippen LogP contribution in [0.2, 0.25) is 0 Å². The minimum Gasteiger partial charge on any atom is -0.476 e. The molecule has 0 bridgehead atoms. The molecule has 1 aliphatic heterocycles. The van der Waals surface area contributed by atoms with Crippen molar-refractivity contribution in [3.8, 4) is 0 Å². The summed E-state index contributed by atoms with van der Waals surface area (Å²) in [7, 11) is -3.13. The van der Waals surface area contributed by atoms with Gasteiger partial charge in [0.15, 0.2) is 15.5 Å². The highest BCUT2D eigenvalue weighted by molar-refractivity contribution is 7.91. The maximum absolute atomic E-state index is 11.9. The summed E-state index contributed by atoms with van der Waals surface area (Å²) in [6.07, 6.45) is 2.36. The zero-order chi connectivity index (χ0) is 15.0. The number of hydrogen-bond donors (Lipinski definition) is 2. The van der Waals surface area contributed by atoms with Crippen molar-refractivity contribution in [2.24, 2.45) is 0 Å². The number of rotatable bonds is 3. The van der Waals surface area contributed by atoms with Gasteiger partial charge in [-0.05, 0) is 13.3 Å². The van der Waals surface area contributed by atoms with Crippen molar-refractivity contribution in [2.75, 3.05) is 11.5 Å². The van der Waals surface area contributed by atoms with Gasteiger partial charge in [-0.3, -0.25) is 4.79 Å². The van der Waals surface area contributed by atoms with E-state index in [-0.39, 0.29) is 22.9 Å². The Morgan fingerprint density at radius 2 is 1.90 bits per heavy atom. The molecule has 108 valence electrons. The number of hydrogen-bond acceptors (Lipinski definition) is 6. The van der Waals surface area contributed by atoms with Crippen molar-refractivity contribution in [3.05, 3.63) is 23.8 Å². The first kappa shape index (κ1) is 14.4. The summed E-state index contributed by atoms with van der Waals surface area (Å²) in [6.45, 7) is 1.65. The van der Waals surface area contributed by atoms with E-state index in [0.29, 0.717) is 6.42 Å². The number of carboxylic acid groups (broad SMARTS) is 1. The lowest BCUT2D eigenvalue weighted by molar-refractivity contribution is 0.0688. The summed E-state index contributed by atoms with van der Waals surface area (Å²) in [5.74, 6) is -1.90. The number of aromatic carboxylic acids is 1. The average molecular weight is 299 g/mol. The number of amides is 1. The van der Waals surface area contributed by atoms with Crippen LogP contribution in [0.5, 0.6) is 0 Å². The van der Waals surface area contributed by atoms with Gasteiger partial charge in [-0.1, -0.05) is 0 Å². The maximum Gasteiger partial charge on any atom is 0.356 e. The molecule has 0 saturated carbocycles. The molecule has 2 rings (SSSR count). The Hall–Kier alpha value is -2.03. The van der Waals surface area contributed by atoms with Crippen LogP contribution in [-0.2, 0) is 9.84 Å². The molecule has 2 heterocycles. The standard InChI is InChI=1S/C11H13N3O5S/c1-11(2-3-20(18,19)6-11)14-9(15)7-4-13-8(5-12-7)10(16)17/h4-5H,2-3,6H2,1H3,(H,14,15)(H,16,17). The molecular formula is C11H13N3O5S. The summed E-state index contributed by atoms with van der Waals surface area (Å²) in [6, 6.07) is 0. The van der Waals surface area contributed by atoms with Gasteiger partial charge in [0.25, 0.3) is 5.91 Å². The van der Waals surface area contributed by atoms with Crippen LogP contribution >= 0.6 is 0 Å². The summed E-state index contributed by atoms with van der Waals surface area (Å²) in [4.78, 5) is 29.8. The number of carbonyl (C=O) groups excluding carboxylic acids is 1. The van der Waals surface area contributed by atoms with E-state index >= 15 is 0 Å². The van der Waals surface area contributed by atoms with Gasteiger partial charge in [0.1, 0.15) is 5.69 Å². The van der Waals surface area contributed by atoms with Gasteiger partial charge in [0.2, 0.25) is 0 Å². The van der Waals surface area contributed by atoms with E-state index in [4.69, 9.17) is 5.11 Å². The summed E-state index contributed by atoms with van der Waals surface area (Å²) >= 11 is 0. The number of carboxylic acids is 1. The molecule has 8 nitrogen and oxygen atoms in total. The largest absolute Gasteiger partial charge is 0.476 e. The van der Waals surface area contributed by atoms with Crippen LogP contribution < -0.4 is 5.32 Å². The smallest absolute Gasteiger partial charge is 0.356 e. The zero-order valence-corrected chi connectivity index (χ0v) is 11.5. The molecular weight excluding hydrogens is 286 g/mol. The zero-order valence-electron chi connectivity index (χ0n) is 10.7. The molecule has 0 spiro atoms. The topological polar surface area (TPSA) is 126 Å². The van der Waals surface area contributed by atoms with Crippen molar-refractivity contribution >= 4 is 21.7 Å². The Kier molecular flexibility index (Phi) is 3.46. The molecule has 1 saturated heterocycles. The second-order valence-electron chi connectivity index (χ2n) is 4.95. The fourth-order valence-corrected chi connectivity index (χ4v) is 4.10. The van der Waals surface area contributed by atoms with E-state index < -0.39 is 27.3 Å². The van der Waals surface area contributed by atoms with Crippen molar-refractivity contribution in [1.82, 2.24) is 15.3 Å². The third-order valence-corrected chi connectivity index (χ3v) is 4.93. The van der Waals surface area contributed by atoms with Crippen LogP contribution in [0.25, 0.3) is 0 Å². The van der Waals surface area contributed by atoms with E-state index in [1.165, 1.54) is 0 Å². The molecule has 0 aliphatic carbocycles. The molecule has 1 fully saturated rings. The highest BCUT2D eigenvalue weighted by Gasteiger charge is 2.39. The van der Waals surface area contributed by atoms with Crippen LogP contribution in [-0.4, -0.2) is 52.4 Å². The highest BCUT2D eigenvalue weighted by Crippen LogP contribution is 2.23. The number of aromatic nitrogens is 2. The monoisotopic (exact) mass is 299 g/mol. The molecule has 1 amide bonds. The molecule has 0 aromatic carbocycles. The van der Waals surface area contributed by atoms with E-state index in [2.05, 4.69) is 15.3 Å². The predicted octanol–water partition coefficient (Wildman–Crippen LogP) is -0.518. The quantitative estimate of drug-likeness (QED) is 0.769. The SMILES string of the molecule is CC1(NC(=O)c2cnc(C(=O)O)cn2)CCS(=O)(=O)C1. The molecule has 0 radical (unpaired) electrons. The van der Waals surface area contributed by atoms with Gasteiger partial charge in [0.05, 0.1) is 29.4 Å². The third kappa shape index (κ3) is 3.10. The van der Waals surface area contributed by atoms with Gasteiger partial charge in [-0.2, -0.15) is 0 Å². The molecule has 9 heteroatoms. The van der Waals surface area contributed by atoms with E-state index in [1.54, 1.807) is 6.92 Å². The van der Waals surface area contributed by atoms with Crippen LogP contribution in [0.4, 0.5) is 0 Å².